The molecular weight excluding hydrogens is 429 g/mol. The third kappa shape index (κ3) is 3.96. The zero-order valence-corrected chi connectivity index (χ0v) is 17.2. The Morgan fingerprint density at radius 3 is 2.30 bits per heavy atom. The van der Waals surface area contributed by atoms with Gasteiger partial charge in [-0.15, -0.1) is 0 Å². The van der Waals surface area contributed by atoms with Gasteiger partial charge in [0, 0.05) is 6.07 Å². The SMILES string of the molecule is O=c1c(-c2cccc3ccccc23)c(C(F)(F)F)oc2cc(OCc3ccccc3)ccc12. The molecule has 0 amide bonds. The van der Waals surface area contributed by atoms with Crippen molar-refractivity contribution in [2.24, 2.45) is 0 Å². The van der Waals surface area contributed by atoms with Crippen LogP contribution in [0.4, 0.5) is 13.2 Å². The third-order valence-corrected chi connectivity index (χ3v) is 5.43. The summed E-state index contributed by atoms with van der Waals surface area (Å²) in [5.74, 6) is -1.02. The van der Waals surface area contributed by atoms with Crippen molar-refractivity contribution in [1.82, 2.24) is 0 Å². The van der Waals surface area contributed by atoms with Gasteiger partial charge in [-0.25, -0.2) is 0 Å². The zero-order chi connectivity index (χ0) is 23.0. The lowest BCUT2D eigenvalue weighted by Crippen LogP contribution is -2.16. The Morgan fingerprint density at radius 1 is 0.788 bits per heavy atom. The molecule has 0 radical (unpaired) electrons. The van der Waals surface area contributed by atoms with Crippen LogP contribution in [-0.2, 0) is 12.8 Å². The van der Waals surface area contributed by atoms with Crippen LogP contribution in [-0.4, -0.2) is 0 Å². The first-order valence-corrected chi connectivity index (χ1v) is 10.2. The predicted octanol–water partition coefficient (Wildman–Crippen LogP) is 7.21. The Kier molecular flexibility index (Phi) is 5.13. The monoisotopic (exact) mass is 446 g/mol. The van der Waals surface area contributed by atoms with E-state index < -0.39 is 22.9 Å². The fourth-order valence-electron chi connectivity index (χ4n) is 3.89. The lowest BCUT2D eigenvalue weighted by molar-refractivity contribution is -0.152. The number of rotatable bonds is 4. The molecule has 4 aromatic carbocycles. The van der Waals surface area contributed by atoms with E-state index in [0.29, 0.717) is 11.1 Å². The molecule has 0 aliphatic carbocycles. The van der Waals surface area contributed by atoms with Crippen molar-refractivity contribution >= 4 is 21.7 Å². The van der Waals surface area contributed by atoms with E-state index in [1.807, 2.05) is 30.3 Å². The quantitative estimate of drug-likeness (QED) is 0.293. The van der Waals surface area contributed by atoms with Crippen LogP contribution >= 0.6 is 0 Å². The van der Waals surface area contributed by atoms with E-state index in [0.717, 1.165) is 10.9 Å². The van der Waals surface area contributed by atoms with E-state index in [-0.39, 0.29) is 23.1 Å². The summed E-state index contributed by atoms with van der Waals surface area (Å²) >= 11 is 0. The number of halogens is 3. The van der Waals surface area contributed by atoms with Gasteiger partial charge in [0.2, 0.25) is 11.2 Å². The third-order valence-electron chi connectivity index (χ3n) is 5.43. The number of hydrogen-bond donors (Lipinski definition) is 0. The van der Waals surface area contributed by atoms with Crippen LogP contribution in [0.2, 0.25) is 0 Å². The number of hydrogen-bond acceptors (Lipinski definition) is 3. The fraction of sp³-hybridized carbons (Fsp3) is 0.0741. The van der Waals surface area contributed by atoms with Crippen LogP contribution in [0, 0.1) is 0 Å². The normalized spacial score (nSPS) is 11.7. The number of benzene rings is 4. The summed E-state index contributed by atoms with van der Waals surface area (Å²) in [4.78, 5) is 13.3. The maximum Gasteiger partial charge on any atom is 0.450 e. The molecule has 5 rings (SSSR count). The predicted molar refractivity (Wildman–Crippen MR) is 121 cm³/mol. The minimum atomic E-state index is -4.86. The molecule has 0 saturated heterocycles. The Morgan fingerprint density at radius 2 is 1.52 bits per heavy atom. The average Bonchev–Trinajstić information content (AvgIpc) is 2.82. The van der Waals surface area contributed by atoms with Crippen molar-refractivity contribution in [3.8, 4) is 16.9 Å². The number of ether oxygens (including phenoxy) is 1. The molecule has 0 saturated carbocycles. The van der Waals surface area contributed by atoms with E-state index in [1.54, 1.807) is 42.5 Å². The molecule has 0 aliphatic heterocycles. The highest BCUT2D eigenvalue weighted by Crippen LogP contribution is 2.39. The van der Waals surface area contributed by atoms with Crippen molar-refractivity contribution < 1.29 is 22.3 Å². The van der Waals surface area contributed by atoms with Crippen LogP contribution < -0.4 is 10.2 Å². The minimum absolute atomic E-state index is 0.0537. The van der Waals surface area contributed by atoms with E-state index in [1.165, 1.54) is 18.2 Å². The first kappa shape index (κ1) is 20.8. The highest BCUT2D eigenvalue weighted by Gasteiger charge is 2.39. The van der Waals surface area contributed by atoms with Crippen LogP contribution in [0.1, 0.15) is 11.3 Å². The Labute approximate surface area is 186 Å². The fourth-order valence-corrected chi connectivity index (χ4v) is 3.89. The largest absolute Gasteiger partial charge is 0.489 e. The maximum absolute atomic E-state index is 14.0. The van der Waals surface area contributed by atoms with Gasteiger partial charge in [-0.3, -0.25) is 4.79 Å². The summed E-state index contributed by atoms with van der Waals surface area (Å²) < 4.78 is 53.2. The molecule has 3 nitrogen and oxygen atoms in total. The van der Waals surface area contributed by atoms with Gasteiger partial charge in [0.25, 0.3) is 0 Å². The molecule has 0 spiro atoms. The van der Waals surface area contributed by atoms with E-state index >= 15 is 0 Å². The molecular formula is C27H17F3O3. The summed E-state index contributed by atoms with van der Waals surface area (Å²) in [6, 6.07) is 25.6. The lowest BCUT2D eigenvalue weighted by atomic mass is 9.96. The summed E-state index contributed by atoms with van der Waals surface area (Å²) in [5.41, 5.74) is -0.331. The molecule has 0 aliphatic rings. The van der Waals surface area contributed by atoms with E-state index in [4.69, 9.17) is 9.15 Å². The maximum atomic E-state index is 14.0. The second kappa shape index (κ2) is 8.13. The Bertz CT molecular complexity index is 1510. The molecule has 5 aromatic rings. The van der Waals surface area contributed by atoms with Crippen molar-refractivity contribution in [2.45, 2.75) is 12.8 Å². The topological polar surface area (TPSA) is 39.4 Å². The molecule has 6 heteroatoms. The van der Waals surface area contributed by atoms with Gasteiger partial charge in [-0.05, 0) is 34.0 Å². The van der Waals surface area contributed by atoms with E-state index in [9.17, 15) is 18.0 Å². The minimum Gasteiger partial charge on any atom is -0.489 e. The van der Waals surface area contributed by atoms with Crippen LogP contribution in [0.5, 0.6) is 5.75 Å². The second-order valence-corrected chi connectivity index (χ2v) is 7.59. The number of alkyl halides is 3. The highest BCUT2D eigenvalue weighted by atomic mass is 19.4. The summed E-state index contributed by atoms with van der Waals surface area (Å²) in [5, 5.41) is 1.32. The van der Waals surface area contributed by atoms with Crippen molar-refractivity contribution in [2.75, 3.05) is 0 Å². The lowest BCUT2D eigenvalue weighted by Gasteiger charge is -2.15. The van der Waals surface area contributed by atoms with Crippen molar-refractivity contribution in [1.29, 1.82) is 0 Å². The van der Waals surface area contributed by atoms with Gasteiger partial charge < -0.3 is 9.15 Å². The van der Waals surface area contributed by atoms with Gasteiger partial charge in [0.15, 0.2) is 0 Å². The molecule has 1 aromatic heterocycles. The Balaban J connectivity index is 1.67. The smallest absolute Gasteiger partial charge is 0.450 e. The second-order valence-electron chi connectivity index (χ2n) is 7.59. The van der Waals surface area contributed by atoms with Gasteiger partial charge in [0.05, 0.1) is 10.9 Å². The van der Waals surface area contributed by atoms with Gasteiger partial charge in [-0.2, -0.15) is 13.2 Å². The summed E-state index contributed by atoms with van der Waals surface area (Å²) in [7, 11) is 0. The molecule has 1 heterocycles. The molecule has 33 heavy (non-hydrogen) atoms. The van der Waals surface area contributed by atoms with E-state index in [2.05, 4.69) is 0 Å². The molecule has 0 unspecified atom stereocenters. The molecule has 164 valence electrons. The first-order chi connectivity index (χ1) is 15.9. The van der Waals surface area contributed by atoms with Crippen LogP contribution in [0.3, 0.4) is 0 Å². The van der Waals surface area contributed by atoms with Crippen LogP contribution in [0.15, 0.2) is 100 Å². The zero-order valence-electron chi connectivity index (χ0n) is 17.2. The average molecular weight is 446 g/mol. The molecule has 0 fully saturated rings. The molecule has 0 N–H and O–H groups in total. The number of fused-ring (bicyclic) bond motifs is 2. The van der Waals surface area contributed by atoms with Gasteiger partial charge >= 0.3 is 6.18 Å². The molecule has 0 atom stereocenters. The first-order valence-electron chi connectivity index (χ1n) is 10.2. The highest BCUT2D eigenvalue weighted by molar-refractivity contribution is 5.98. The van der Waals surface area contributed by atoms with Gasteiger partial charge in [-0.1, -0.05) is 72.8 Å². The summed E-state index contributed by atoms with van der Waals surface area (Å²) in [6.45, 7) is 0.233. The van der Waals surface area contributed by atoms with Crippen molar-refractivity contribution in [3.05, 3.63) is 113 Å². The van der Waals surface area contributed by atoms with Crippen LogP contribution in [0.25, 0.3) is 32.9 Å². The summed E-state index contributed by atoms with van der Waals surface area (Å²) in [6.07, 6.45) is -4.86. The van der Waals surface area contributed by atoms with Gasteiger partial charge in [0.1, 0.15) is 17.9 Å². The van der Waals surface area contributed by atoms with Crippen molar-refractivity contribution in [3.63, 3.8) is 0 Å². The molecule has 0 bridgehead atoms. The Hall–Kier alpha value is -4.06. The standard InChI is InChI=1S/C27H17F3O3/c28-27(29,30)26-24(21-12-6-10-18-9-4-5-11-20(18)21)25(31)22-14-13-19(15-23(22)33-26)32-16-17-7-2-1-3-8-17/h1-15H,16H2.